The number of fused-ring (bicyclic) bond motifs is 1. The quantitative estimate of drug-likeness (QED) is 0.353. The first kappa shape index (κ1) is 21.3. The number of aryl methyl sites for hydroxylation is 1. The number of para-hydroxylation sites is 2. The summed E-state index contributed by atoms with van der Waals surface area (Å²) in [5, 5.41) is 4.08. The molecule has 0 unspecified atom stereocenters. The third-order valence-corrected chi connectivity index (χ3v) is 5.63. The number of imidazole rings is 1. The second-order valence-corrected chi connectivity index (χ2v) is 8.05. The topological polar surface area (TPSA) is 46.9 Å². The van der Waals surface area contributed by atoms with Gasteiger partial charge in [0.05, 0.1) is 17.6 Å². The summed E-state index contributed by atoms with van der Waals surface area (Å²) in [5.41, 5.74) is 3.34. The molecule has 0 saturated heterocycles. The molecule has 0 atom stereocenters. The Bertz CT molecular complexity index is 1220. The van der Waals surface area contributed by atoms with Gasteiger partial charge in [0.1, 0.15) is 11.6 Å². The van der Waals surface area contributed by atoms with Gasteiger partial charge in [0.15, 0.2) is 0 Å². The van der Waals surface area contributed by atoms with Crippen LogP contribution >= 0.6 is 23.2 Å². The minimum atomic E-state index is -0.365. The Kier molecular flexibility index (Phi) is 6.54. The molecule has 1 amide bonds. The van der Waals surface area contributed by atoms with Crippen LogP contribution in [0.1, 0.15) is 28.2 Å². The van der Waals surface area contributed by atoms with Crippen molar-refractivity contribution < 1.29 is 9.18 Å². The van der Waals surface area contributed by atoms with E-state index in [9.17, 15) is 9.18 Å². The molecule has 0 bridgehead atoms. The van der Waals surface area contributed by atoms with Crippen molar-refractivity contribution in [3.05, 3.63) is 99.5 Å². The lowest BCUT2D eigenvalue weighted by Gasteiger charge is -2.11. The molecule has 158 valence electrons. The number of hydrogen-bond acceptors (Lipinski definition) is 2. The van der Waals surface area contributed by atoms with Crippen LogP contribution in [0.15, 0.2) is 66.7 Å². The van der Waals surface area contributed by atoms with E-state index in [1.165, 1.54) is 24.3 Å². The predicted octanol–water partition coefficient (Wildman–Crippen LogP) is 5.89. The van der Waals surface area contributed by atoms with Crippen LogP contribution in [0.2, 0.25) is 10.0 Å². The van der Waals surface area contributed by atoms with Gasteiger partial charge in [0.2, 0.25) is 0 Å². The lowest BCUT2D eigenvalue weighted by Crippen LogP contribution is -2.25. The van der Waals surface area contributed by atoms with Crippen molar-refractivity contribution in [1.82, 2.24) is 14.9 Å². The van der Waals surface area contributed by atoms with E-state index >= 15 is 0 Å². The summed E-state index contributed by atoms with van der Waals surface area (Å²) in [5.74, 6) is 0.334. The Hall–Kier alpha value is -2.89. The number of aromatic nitrogens is 2. The van der Waals surface area contributed by atoms with Crippen LogP contribution in [0.4, 0.5) is 4.39 Å². The highest BCUT2D eigenvalue weighted by Gasteiger charge is 2.13. The predicted molar refractivity (Wildman–Crippen MR) is 122 cm³/mol. The van der Waals surface area contributed by atoms with Crippen molar-refractivity contribution in [2.24, 2.45) is 0 Å². The standard InChI is InChI=1S/C24H20Cl2FN3O/c25-18-10-7-17(20(26)14-18)15-30-22-5-2-1-4-21(22)29-23(30)6-3-13-28-24(31)16-8-11-19(27)12-9-16/h1-2,4-5,7-12,14H,3,6,13,15H2,(H,28,31). The first-order chi connectivity index (χ1) is 15.0. The normalized spacial score (nSPS) is 11.1. The Morgan fingerprint density at radius 2 is 1.81 bits per heavy atom. The number of carbonyl (C=O) groups is 1. The van der Waals surface area contributed by atoms with E-state index in [1.807, 2.05) is 36.4 Å². The highest BCUT2D eigenvalue weighted by Crippen LogP contribution is 2.25. The average molecular weight is 456 g/mol. The molecule has 0 aliphatic rings. The van der Waals surface area contributed by atoms with Gasteiger partial charge >= 0.3 is 0 Å². The summed E-state index contributed by atoms with van der Waals surface area (Å²) in [6, 6.07) is 18.9. The lowest BCUT2D eigenvalue weighted by molar-refractivity contribution is 0.0953. The Morgan fingerprint density at radius 3 is 2.58 bits per heavy atom. The Balaban J connectivity index is 1.46. The molecule has 3 aromatic carbocycles. The molecular weight excluding hydrogens is 436 g/mol. The summed E-state index contributed by atoms with van der Waals surface area (Å²) in [4.78, 5) is 17.0. The summed E-state index contributed by atoms with van der Waals surface area (Å²) >= 11 is 12.4. The zero-order chi connectivity index (χ0) is 21.8. The second-order valence-electron chi connectivity index (χ2n) is 7.20. The smallest absolute Gasteiger partial charge is 0.251 e. The molecule has 7 heteroatoms. The van der Waals surface area contributed by atoms with Crippen molar-refractivity contribution in [2.75, 3.05) is 6.54 Å². The van der Waals surface area contributed by atoms with Gasteiger partial charge in [-0.1, -0.05) is 41.4 Å². The Morgan fingerprint density at radius 1 is 1.03 bits per heavy atom. The fraction of sp³-hybridized carbons (Fsp3) is 0.167. The third-order valence-electron chi connectivity index (χ3n) is 5.05. The summed E-state index contributed by atoms with van der Waals surface area (Å²) in [6.07, 6.45) is 1.40. The molecule has 0 fully saturated rings. The average Bonchev–Trinajstić information content (AvgIpc) is 3.11. The van der Waals surface area contributed by atoms with Gasteiger partial charge in [-0.3, -0.25) is 4.79 Å². The molecule has 4 rings (SSSR count). The number of nitrogens with one attached hydrogen (secondary N) is 1. The largest absolute Gasteiger partial charge is 0.352 e. The maximum Gasteiger partial charge on any atom is 0.251 e. The maximum absolute atomic E-state index is 13.0. The molecule has 31 heavy (non-hydrogen) atoms. The summed E-state index contributed by atoms with van der Waals surface area (Å²) < 4.78 is 15.2. The summed E-state index contributed by atoms with van der Waals surface area (Å²) in [7, 11) is 0. The molecule has 0 aliphatic carbocycles. The van der Waals surface area contributed by atoms with E-state index in [4.69, 9.17) is 28.2 Å². The minimum absolute atomic E-state index is 0.221. The van der Waals surface area contributed by atoms with Gasteiger partial charge in [-0.05, 0) is 60.5 Å². The molecule has 1 aromatic heterocycles. The van der Waals surface area contributed by atoms with Crippen molar-refractivity contribution in [3.63, 3.8) is 0 Å². The van der Waals surface area contributed by atoms with E-state index in [1.54, 1.807) is 6.07 Å². The highest BCUT2D eigenvalue weighted by molar-refractivity contribution is 6.35. The Labute approximate surface area is 189 Å². The zero-order valence-corrected chi connectivity index (χ0v) is 18.1. The first-order valence-corrected chi connectivity index (χ1v) is 10.7. The van der Waals surface area contributed by atoms with E-state index in [0.29, 0.717) is 41.5 Å². The van der Waals surface area contributed by atoms with E-state index in [2.05, 4.69) is 9.88 Å². The SMILES string of the molecule is O=C(NCCCc1nc2ccccc2n1Cc1ccc(Cl)cc1Cl)c1ccc(F)cc1. The first-order valence-electron chi connectivity index (χ1n) is 9.93. The number of nitrogens with zero attached hydrogens (tertiary/aromatic N) is 2. The van der Waals surface area contributed by atoms with Crippen LogP contribution in [-0.2, 0) is 13.0 Å². The van der Waals surface area contributed by atoms with Crippen LogP contribution in [-0.4, -0.2) is 22.0 Å². The number of halogens is 3. The van der Waals surface area contributed by atoms with Gasteiger partial charge in [0.25, 0.3) is 5.91 Å². The minimum Gasteiger partial charge on any atom is -0.352 e. The molecule has 0 saturated carbocycles. The molecule has 0 aliphatic heterocycles. The molecule has 1 N–H and O–H groups in total. The van der Waals surface area contributed by atoms with E-state index in [0.717, 1.165) is 22.4 Å². The number of hydrogen-bond donors (Lipinski definition) is 1. The van der Waals surface area contributed by atoms with Gasteiger partial charge in [-0.15, -0.1) is 0 Å². The van der Waals surface area contributed by atoms with Crippen LogP contribution in [0.25, 0.3) is 11.0 Å². The molecule has 4 nitrogen and oxygen atoms in total. The van der Waals surface area contributed by atoms with Gasteiger partial charge < -0.3 is 9.88 Å². The monoisotopic (exact) mass is 455 g/mol. The number of carbonyl (C=O) groups excluding carboxylic acids is 1. The van der Waals surface area contributed by atoms with E-state index < -0.39 is 0 Å². The maximum atomic E-state index is 13.0. The zero-order valence-electron chi connectivity index (χ0n) is 16.6. The van der Waals surface area contributed by atoms with Crippen molar-refractivity contribution in [2.45, 2.75) is 19.4 Å². The molecule has 0 spiro atoms. The third kappa shape index (κ3) is 5.06. The number of amides is 1. The fourth-order valence-electron chi connectivity index (χ4n) is 3.46. The van der Waals surface area contributed by atoms with Crippen molar-refractivity contribution in [1.29, 1.82) is 0 Å². The number of rotatable bonds is 7. The lowest BCUT2D eigenvalue weighted by atomic mass is 10.2. The van der Waals surface area contributed by atoms with Crippen LogP contribution in [0.3, 0.4) is 0 Å². The highest BCUT2D eigenvalue weighted by atomic mass is 35.5. The van der Waals surface area contributed by atoms with Crippen LogP contribution in [0.5, 0.6) is 0 Å². The van der Waals surface area contributed by atoms with Crippen LogP contribution in [0, 0.1) is 5.82 Å². The van der Waals surface area contributed by atoms with Crippen LogP contribution < -0.4 is 5.32 Å². The van der Waals surface area contributed by atoms with Gasteiger partial charge in [0, 0.05) is 28.6 Å². The molecule has 1 heterocycles. The second kappa shape index (κ2) is 9.50. The molecular formula is C24H20Cl2FN3O. The molecule has 4 aromatic rings. The van der Waals surface area contributed by atoms with Crippen molar-refractivity contribution >= 4 is 40.1 Å². The van der Waals surface area contributed by atoms with Gasteiger partial charge in [-0.25, -0.2) is 9.37 Å². The van der Waals surface area contributed by atoms with Gasteiger partial charge in [-0.2, -0.15) is 0 Å². The summed E-state index contributed by atoms with van der Waals surface area (Å²) in [6.45, 7) is 1.06. The van der Waals surface area contributed by atoms with Crippen molar-refractivity contribution in [3.8, 4) is 0 Å². The number of benzene rings is 3. The molecule has 0 radical (unpaired) electrons. The fourth-order valence-corrected chi connectivity index (χ4v) is 3.93. The van der Waals surface area contributed by atoms with E-state index in [-0.39, 0.29) is 11.7 Å².